The Labute approximate surface area is 230 Å². The first kappa shape index (κ1) is 27.4. The third-order valence-corrected chi connectivity index (χ3v) is 6.71. The Morgan fingerprint density at radius 2 is 1.85 bits per heavy atom. The minimum Gasteiger partial charge on any atom is -0.337 e. The number of rotatable bonds is 6. The fourth-order valence-corrected chi connectivity index (χ4v) is 4.96. The van der Waals surface area contributed by atoms with Gasteiger partial charge in [-0.25, -0.2) is 14.6 Å². The van der Waals surface area contributed by atoms with Crippen molar-refractivity contribution in [1.29, 1.82) is 0 Å². The molecule has 2 aromatic carbocycles. The summed E-state index contributed by atoms with van der Waals surface area (Å²) in [4.78, 5) is 46.7. The highest BCUT2D eigenvalue weighted by Gasteiger charge is 2.46. The van der Waals surface area contributed by atoms with Gasteiger partial charge in [0.15, 0.2) is 0 Å². The van der Waals surface area contributed by atoms with E-state index in [1.807, 2.05) is 6.07 Å². The summed E-state index contributed by atoms with van der Waals surface area (Å²) in [6, 6.07) is 13.9. The van der Waals surface area contributed by atoms with E-state index in [0.29, 0.717) is 34.4 Å². The van der Waals surface area contributed by atoms with E-state index in [9.17, 15) is 32.9 Å². The Morgan fingerprint density at radius 1 is 1.12 bits per heavy atom. The van der Waals surface area contributed by atoms with Gasteiger partial charge in [-0.3, -0.25) is 24.6 Å². The number of halogens is 3. The number of likely N-dealkylation sites (N-methyl/N-ethyl adjacent to an activating group) is 1. The number of nitrogens with one attached hydrogen (secondary N) is 1. The van der Waals surface area contributed by atoms with Crippen molar-refractivity contribution in [3.8, 4) is 5.69 Å². The molecular formula is C27H22F3N7O4. The Balaban J connectivity index is 1.68. The van der Waals surface area contributed by atoms with Crippen LogP contribution in [0.2, 0.25) is 0 Å². The van der Waals surface area contributed by atoms with E-state index in [1.54, 1.807) is 48.9 Å². The molecule has 0 fully saturated rings. The number of nitro benzene ring substituents is 1. The maximum absolute atomic E-state index is 14.0. The molecule has 4 aromatic rings. The second kappa shape index (κ2) is 10.4. The molecule has 210 valence electrons. The number of hydrogen-bond acceptors (Lipinski definition) is 7. The number of benzene rings is 2. The molecule has 0 unspecified atom stereocenters. The standard InChI is InChI=1S/C27H22F3N7O4/c1-3-35-25-20(15(2)34-36(25)17-9-5-4-6-10-17)21(16-8-7-11-18(14-16)37(40)41)22(26(35)39)33-24(38)23-31-13-12-19(32-23)27(28,29)30/h4-14,21-22H,3H2,1-2H3,(H,33,38)/t21-,22+/m0/s1. The van der Waals surface area contributed by atoms with Gasteiger partial charge in [0, 0.05) is 36.4 Å². The summed E-state index contributed by atoms with van der Waals surface area (Å²) >= 11 is 0. The first-order valence-corrected chi connectivity index (χ1v) is 12.4. The topological polar surface area (TPSA) is 136 Å². The van der Waals surface area contributed by atoms with Gasteiger partial charge in [-0.1, -0.05) is 30.3 Å². The molecule has 0 bridgehead atoms. The van der Waals surface area contributed by atoms with Crippen LogP contribution < -0.4 is 10.2 Å². The molecule has 1 aliphatic heterocycles. The SMILES string of the molecule is CCN1C(=O)[C@H](NC(=O)c2nccc(C(F)(F)F)n2)[C@@H](c2cccc([N+](=O)[O-])c2)c2c(C)nn(-c3ccccc3)c21. The Morgan fingerprint density at radius 3 is 2.51 bits per heavy atom. The van der Waals surface area contributed by atoms with Crippen LogP contribution in [0, 0.1) is 17.0 Å². The maximum atomic E-state index is 14.0. The molecule has 2 aromatic heterocycles. The lowest BCUT2D eigenvalue weighted by atomic mass is 9.81. The predicted octanol–water partition coefficient (Wildman–Crippen LogP) is 4.19. The summed E-state index contributed by atoms with van der Waals surface area (Å²) in [6.45, 7) is 3.60. The first-order valence-electron chi connectivity index (χ1n) is 12.4. The normalized spacial score (nSPS) is 16.8. The number of hydrogen-bond donors (Lipinski definition) is 1. The molecule has 0 aliphatic carbocycles. The van der Waals surface area contributed by atoms with Crippen LogP contribution >= 0.6 is 0 Å². The molecule has 1 aliphatic rings. The van der Waals surface area contributed by atoms with Crippen LogP contribution in [0.3, 0.4) is 0 Å². The summed E-state index contributed by atoms with van der Waals surface area (Å²) in [5.74, 6) is -3.05. The summed E-state index contributed by atoms with van der Waals surface area (Å²) in [7, 11) is 0. The quantitative estimate of drug-likeness (QED) is 0.273. The van der Waals surface area contributed by atoms with Crippen molar-refractivity contribution in [2.24, 2.45) is 0 Å². The number of carbonyl (C=O) groups is 2. The fraction of sp³-hybridized carbons (Fsp3) is 0.222. The molecule has 2 amide bonds. The second-order valence-corrected chi connectivity index (χ2v) is 9.20. The van der Waals surface area contributed by atoms with Crippen molar-refractivity contribution in [2.75, 3.05) is 11.4 Å². The maximum Gasteiger partial charge on any atom is 0.433 e. The van der Waals surface area contributed by atoms with Crippen molar-refractivity contribution < 1.29 is 27.7 Å². The monoisotopic (exact) mass is 565 g/mol. The molecule has 0 radical (unpaired) electrons. The van der Waals surface area contributed by atoms with Gasteiger partial charge in [0.2, 0.25) is 5.82 Å². The van der Waals surface area contributed by atoms with E-state index in [2.05, 4.69) is 20.4 Å². The molecule has 0 spiro atoms. The fourth-order valence-electron chi connectivity index (χ4n) is 4.96. The van der Waals surface area contributed by atoms with Gasteiger partial charge < -0.3 is 5.32 Å². The highest BCUT2D eigenvalue weighted by Crippen LogP contribution is 2.44. The zero-order valence-electron chi connectivity index (χ0n) is 21.7. The summed E-state index contributed by atoms with van der Waals surface area (Å²) in [6.07, 6.45) is -4.02. The average molecular weight is 566 g/mol. The van der Waals surface area contributed by atoms with Crippen LogP contribution in [-0.4, -0.2) is 49.1 Å². The van der Waals surface area contributed by atoms with E-state index >= 15 is 0 Å². The van der Waals surface area contributed by atoms with Crippen LogP contribution in [0.25, 0.3) is 5.69 Å². The minimum absolute atomic E-state index is 0.165. The number of aryl methyl sites for hydroxylation is 1. The van der Waals surface area contributed by atoms with Crippen molar-refractivity contribution in [3.63, 3.8) is 0 Å². The average Bonchev–Trinajstić information content (AvgIpc) is 3.30. The van der Waals surface area contributed by atoms with Gasteiger partial charge in [0.05, 0.1) is 16.3 Å². The van der Waals surface area contributed by atoms with Gasteiger partial charge in [-0.05, 0) is 37.6 Å². The lowest BCUT2D eigenvalue weighted by Crippen LogP contribution is -2.55. The van der Waals surface area contributed by atoms with Gasteiger partial charge >= 0.3 is 6.18 Å². The van der Waals surface area contributed by atoms with Crippen molar-refractivity contribution in [1.82, 2.24) is 25.1 Å². The van der Waals surface area contributed by atoms with Crippen LogP contribution in [-0.2, 0) is 11.0 Å². The molecule has 11 nitrogen and oxygen atoms in total. The molecule has 0 saturated carbocycles. The zero-order valence-corrected chi connectivity index (χ0v) is 21.7. The Kier molecular flexibility index (Phi) is 6.99. The van der Waals surface area contributed by atoms with Crippen LogP contribution in [0.15, 0.2) is 66.9 Å². The van der Waals surface area contributed by atoms with E-state index in [0.717, 1.165) is 6.20 Å². The molecule has 5 rings (SSSR count). The summed E-state index contributed by atoms with van der Waals surface area (Å²) < 4.78 is 41.3. The summed E-state index contributed by atoms with van der Waals surface area (Å²) in [5.41, 5.74) is 0.428. The minimum atomic E-state index is -4.82. The van der Waals surface area contributed by atoms with Gasteiger partial charge in [0.25, 0.3) is 17.5 Å². The lowest BCUT2D eigenvalue weighted by Gasteiger charge is -2.38. The Hall–Kier alpha value is -5.14. The molecule has 1 N–H and O–H groups in total. The lowest BCUT2D eigenvalue weighted by molar-refractivity contribution is -0.384. The van der Waals surface area contributed by atoms with Crippen molar-refractivity contribution in [2.45, 2.75) is 32.0 Å². The van der Waals surface area contributed by atoms with E-state index < -0.39 is 46.4 Å². The third kappa shape index (κ3) is 4.99. The highest BCUT2D eigenvalue weighted by molar-refractivity contribution is 6.04. The highest BCUT2D eigenvalue weighted by atomic mass is 19.4. The molecular weight excluding hydrogens is 543 g/mol. The Bertz CT molecular complexity index is 1660. The number of nitrogens with zero attached hydrogens (tertiary/aromatic N) is 6. The number of fused-ring (bicyclic) bond motifs is 1. The number of carbonyl (C=O) groups excluding carboxylic acids is 2. The third-order valence-electron chi connectivity index (χ3n) is 6.71. The van der Waals surface area contributed by atoms with Crippen molar-refractivity contribution in [3.05, 3.63) is 105 Å². The van der Waals surface area contributed by atoms with E-state index in [4.69, 9.17) is 0 Å². The number of amides is 2. The first-order chi connectivity index (χ1) is 19.5. The number of anilines is 1. The predicted molar refractivity (Wildman–Crippen MR) is 140 cm³/mol. The van der Waals surface area contributed by atoms with Gasteiger partial charge in [0.1, 0.15) is 17.6 Å². The van der Waals surface area contributed by atoms with Crippen LogP contribution in [0.5, 0.6) is 0 Å². The summed E-state index contributed by atoms with van der Waals surface area (Å²) in [5, 5.41) is 18.8. The number of non-ortho nitro benzene ring substituents is 1. The van der Waals surface area contributed by atoms with Gasteiger partial charge in [-0.2, -0.15) is 18.3 Å². The molecule has 0 saturated heterocycles. The number of nitro groups is 1. The number of para-hydroxylation sites is 1. The number of aromatic nitrogens is 4. The molecule has 3 heterocycles. The zero-order chi connectivity index (χ0) is 29.5. The van der Waals surface area contributed by atoms with E-state index in [-0.39, 0.29) is 12.2 Å². The molecule has 41 heavy (non-hydrogen) atoms. The second-order valence-electron chi connectivity index (χ2n) is 9.20. The van der Waals surface area contributed by atoms with Crippen LogP contribution in [0.4, 0.5) is 24.7 Å². The molecule has 2 atom stereocenters. The smallest absolute Gasteiger partial charge is 0.337 e. The molecule has 14 heteroatoms. The van der Waals surface area contributed by atoms with Crippen molar-refractivity contribution >= 4 is 23.3 Å². The number of alkyl halides is 3. The van der Waals surface area contributed by atoms with Crippen LogP contribution in [0.1, 0.15) is 46.0 Å². The van der Waals surface area contributed by atoms with Gasteiger partial charge in [-0.15, -0.1) is 0 Å². The van der Waals surface area contributed by atoms with E-state index in [1.165, 1.54) is 23.1 Å². The largest absolute Gasteiger partial charge is 0.433 e.